The molecule has 0 amide bonds. The molecule has 0 aromatic carbocycles. The van der Waals surface area contributed by atoms with E-state index in [0.717, 1.165) is 6.42 Å². The Labute approximate surface area is 266 Å². The van der Waals surface area contributed by atoms with Gasteiger partial charge in [0.05, 0.1) is 36.6 Å². The first kappa shape index (κ1) is 35.6. The van der Waals surface area contributed by atoms with Gasteiger partial charge in [0.1, 0.15) is 18.3 Å². The van der Waals surface area contributed by atoms with Crippen LogP contribution in [0.1, 0.15) is 79.6 Å². The average molecular weight is 663 g/mol. The van der Waals surface area contributed by atoms with E-state index in [1.807, 2.05) is 19.9 Å². The highest BCUT2D eigenvalue weighted by atomic mass is 32.3. The number of ether oxygens (including phenoxy) is 2. The van der Waals surface area contributed by atoms with Crippen molar-refractivity contribution < 1.29 is 57.3 Å². The van der Waals surface area contributed by atoms with Gasteiger partial charge in [-0.1, -0.05) is 46.8 Å². The molecule has 5 fully saturated rings. The zero-order valence-electron chi connectivity index (χ0n) is 27.0. The maximum Gasteiger partial charge on any atom is 0.397 e. The fourth-order valence-corrected chi connectivity index (χ4v) is 11.0. The molecule has 1 saturated heterocycles. The van der Waals surface area contributed by atoms with Gasteiger partial charge in [0, 0.05) is 12.3 Å². The van der Waals surface area contributed by atoms with Crippen molar-refractivity contribution in [2.24, 2.45) is 46.3 Å². The number of aliphatic hydroxyl groups is 6. The Morgan fingerprint density at radius 2 is 1.56 bits per heavy atom. The third-order valence-electron chi connectivity index (χ3n) is 12.6. The fraction of sp³-hybridized carbons (Fsp3) is 0.938. The largest absolute Gasteiger partial charge is 0.397 e. The molecule has 0 aromatic heterocycles. The molecule has 16 atom stereocenters. The SMILES string of the molecule is CC(C)C(/C=C/[C@@H](C)[C@H]1C[C@H](O)[C@@H]2[C@]1(C)CC[C@@H]1[C@@]3(C)CC[C@H](OS(=O)(=O)O)C[C@@H]3[C@H](O)C[C@]12O)O[C@@H]1OC[C@@H](O)[C@H](O)[C@H]1O. The van der Waals surface area contributed by atoms with Crippen molar-refractivity contribution in [2.75, 3.05) is 6.61 Å². The molecule has 1 unspecified atom stereocenters. The van der Waals surface area contributed by atoms with Crippen molar-refractivity contribution in [3.05, 3.63) is 12.2 Å². The Bertz CT molecular complexity index is 1200. The van der Waals surface area contributed by atoms with E-state index in [-0.39, 0.29) is 49.0 Å². The summed E-state index contributed by atoms with van der Waals surface area (Å²) in [6.07, 6.45) is -0.710. The van der Waals surface area contributed by atoms with E-state index in [4.69, 9.17) is 13.7 Å². The molecule has 12 nitrogen and oxygen atoms in total. The van der Waals surface area contributed by atoms with E-state index in [1.165, 1.54) is 0 Å². The number of fused-ring (bicyclic) bond motifs is 5. The van der Waals surface area contributed by atoms with Crippen molar-refractivity contribution in [3.8, 4) is 0 Å². The fourth-order valence-electron chi connectivity index (χ4n) is 10.5. The maximum absolute atomic E-state index is 12.6. The zero-order chi connectivity index (χ0) is 33.3. The quantitative estimate of drug-likeness (QED) is 0.146. The second-order valence-electron chi connectivity index (χ2n) is 15.6. The van der Waals surface area contributed by atoms with Crippen molar-refractivity contribution in [1.82, 2.24) is 0 Å². The summed E-state index contributed by atoms with van der Waals surface area (Å²) < 4.78 is 48.4. The second kappa shape index (κ2) is 12.6. The van der Waals surface area contributed by atoms with Crippen LogP contribution in [0.3, 0.4) is 0 Å². The molecular formula is C32H54O12S. The summed E-state index contributed by atoms with van der Waals surface area (Å²) in [5.41, 5.74) is -2.22. The topological polar surface area (TPSA) is 203 Å². The third kappa shape index (κ3) is 6.41. The van der Waals surface area contributed by atoms with Crippen molar-refractivity contribution >= 4 is 10.4 Å². The lowest BCUT2D eigenvalue weighted by Gasteiger charge is -2.66. The lowest BCUT2D eigenvalue weighted by molar-refractivity contribution is -0.280. The van der Waals surface area contributed by atoms with Crippen LogP contribution in [0.15, 0.2) is 12.2 Å². The Kier molecular flexibility index (Phi) is 9.99. The zero-order valence-corrected chi connectivity index (χ0v) is 27.8. The summed E-state index contributed by atoms with van der Waals surface area (Å²) in [5.74, 6) is -0.933. The van der Waals surface area contributed by atoms with Crippen molar-refractivity contribution in [2.45, 2.75) is 134 Å². The Morgan fingerprint density at radius 3 is 2.20 bits per heavy atom. The van der Waals surface area contributed by atoms with Gasteiger partial charge < -0.3 is 40.1 Å². The Hall–Kier alpha value is -0.710. The molecule has 4 saturated carbocycles. The number of hydrogen-bond acceptors (Lipinski definition) is 11. The maximum atomic E-state index is 12.6. The van der Waals surface area contributed by atoms with E-state index < -0.39 is 81.8 Å². The van der Waals surface area contributed by atoms with Gasteiger partial charge in [-0.05, 0) is 78.9 Å². The summed E-state index contributed by atoms with van der Waals surface area (Å²) in [5, 5.41) is 65.8. The lowest BCUT2D eigenvalue weighted by Crippen LogP contribution is -2.68. The predicted molar refractivity (Wildman–Crippen MR) is 162 cm³/mol. The van der Waals surface area contributed by atoms with E-state index in [0.29, 0.717) is 25.7 Å². The molecule has 7 N–H and O–H groups in total. The van der Waals surface area contributed by atoms with Gasteiger partial charge in [-0.3, -0.25) is 4.55 Å². The molecule has 4 aliphatic carbocycles. The molecule has 0 aromatic rings. The van der Waals surface area contributed by atoms with Crippen LogP contribution < -0.4 is 0 Å². The van der Waals surface area contributed by atoms with Gasteiger partial charge >= 0.3 is 10.4 Å². The number of rotatable bonds is 8. The average Bonchev–Trinajstić information content (AvgIpc) is 3.21. The minimum Gasteiger partial charge on any atom is -0.393 e. The van der Waals surface area contributed by atoms with Gasteiger partial charge in [-0.15, -0.1) is 0 Å². The summed E-state index contributed by atoms with van der Waals surface area (Å²) in [7, 11) is -4.62. The summed E-state index contributed by atoms with van der Waals surface area (Å²) in [4.78, 5) is 0. The molecule has 5 aliphatic rings. The van der Waals surface area contributed by atoms with E-state index in [1.54, 1.807) is 0 Å². The number of aliphatic hydroxyl groups excluding tert-OH is 5. The van der Waals surface area contributed by atoms with Crippen LogP contribution in [0.2, 0.25) is 0 Å². The standard InChI is InChI=1S/C32H54O12S/c1-16(2)24(43-29-27(37)26(36)23(35)15-42-29)7-6-17(3)19-13-21(33)28-31(19,5)11-9-25-30(4)10-8-18(44-45(39,40)41)12-20(30)22(34)14-32(25,28)38/h6-7,16-29,33-38H,8-15H2,1-5H3,(H,39,40,41)/b7-6+/t17-,18+,19-,20-,21+,22-,23-,24?,25-,26+,27-,28-,29+,30+,31-,32+/m1/s1. The van der Waals surface area contributed by atoms with Crippen molar-refractivity contribution in [3.63, 3.8) is 0 Å². The first-order valence-electron chi connectivity index (χ1n) is 16.6. The summed E-state index contributed by atoms with van der Waals surface area (Å²) in [6.45, 7) is 10.1. The Morgan fingerprint density at radius 1 is 0.889 bits per heavy atom. The molecule has 5 rings (SSSR count). The van der Waals surface area contributed by atoms with Gasteiger partial charge in [-0.2, -0.15) is 8.42 Å². The molecule has 45 heavy (non-hydrogen) atoms. The predicted octanol–water partition coefficient (Wildman–Crippen LogP) is 1.56. The first-order chi connectivity index (χ1) is 20.8. The molecule has 1 aliphatic heterocycles. The van der Waals surface area contributed by atoms with Crippen LogP contribution in [0.4, 0.5) is 0 Å². The van der Waals surface area contributed by atoms with E-state index >= 15 is 0 Å². The van der Waals surface area contributed by atoms with Gasteiger partial charge in [0.25, 0.3) is 0 Å². The van der Waals surface area contributed by atoms with Crippen LogP contribution in [0.5, 0.6) is 0 Å². The monoisotopic (exact) mass is 662 g/mol. The molecule has 0 radical (unpaired) electrons. The smallest absolute Gasteiger partial charge is 0.393 e. The van der Waals surface area contributed by atoms with Crippen LogP contribution in [-0.4, -0.2) is 105 Å². The number of allylic oxidation sites excluding steroid dienone is 1. The molecule has 0 spiro atoms. The second-order valence-corrected chi connectivity index (χ2v) is 16.7. The van der Waals surface area contributed by atoms with Gasteiger partial charge in [-0.25, -0.2) is 4.18 Å². The highest BCUT2D eigenvalue weighted by molar-refractivity contribution is 7.80. The minimum absolute atomic E-state index is 0.00544. The van der Waals surface area contributed by atoms with E-state index in [2.05, 4.69) is 26.8 Å². The van der Waals surface area contributed by atoms with Crippen LogP contribution >= 0.6 is 0 Å². The summed E-state index contributed by atoms with van der Waals surface area (Å²) in [6, 6.07) is 0. The normalized spacial score (nSPS) is 50.2. The minimum atomic E-state index is -4.62. The lowest BCUT2D eigenvalue weighted by atomic mass is 9.42. The van der Waals surface area contributed by atoms with E-state index in [9.17, 15) is 43.6 Å². The molecule has 1 heterocycles. The van der Waals surface area contributed by atoms with Gasteiger partial charge in [0.2, 0.25) is 0 Å². The van der Waals surface area contributed by atoms with Crippen molar-refractivity contribution in [1.29, 1.82) is 0 Å². The molecular weight excluding hydrogens is 608 g/mol. The van der Waals surface area contributed by atoms with Crippen LogP contribution in [0.25, 0.3) is 0 Å². The summed E-state index contributed by atoms with van der Waals surface area (Å²) >= 11 is 0. The van der Waals surface area contributed by atoms with Gasteiger partial charge in [0.15, 0.2) is 6.29 Å². The highest BCUT2D eigenvalue weighted by Crippen LogP contribution is 2.69. The van der Waals surface area contributed by atoms with Crippen LogP contribution in [-0.2, 0) is 24.1 Å². The molecule has 0 bridgehead atoms. The first-order valence-corrected chi connectivity index (χ1v) is 17.9. The van der Waals surface area contributed by atoms with Crippen LogP contribution in [0, 0.1) is 46.3 Å². The number of hydrogen-bond donors (Lipinski definition) is 7. The third-order valence-corrected chi connectivity index (χ3v) is 13.1. The highest BCUT2D eigenvalue weighted by Gasteiger charge is 2.70. The molecule has 13 heteroatoms. The Balaban J connectivity index is 1.33. The molecule has 260 valence electrons.